The van der Waals surface area contributed by atoms with E-state index >= 15 is 0 Å². The minimum Gasteiger partial charge on any atom is -0.492 e. The summed E-state index contributed by atoms with van der Waals surface area (Å²) in [4.78, 5) is 25.1. The fourth-order valence-corrected chi connectivity index (χ4v) is 4.16. The summed E-state index contributed by atoms with van der Waals surface area (Å²) < 4.78 is 40.5. The van der Waals surface area contributed by atoms with Gasteiger partial charge in [-0.2, -0.15) is 0 Å². The molecule has 0 radical (unpaired) electrons. The van der Waals surface area contributed by atoms with Crippen LogP contribution in [-0.4, -0.2) is 37.7 Å². The highest BCUT2D eigenvalue weighted by atomic mass is 79.9. The lowest BCUT2D eigenvalue weighted by atomic mass is 9.95. The number of amides is 1. The Bertz CT molecular complexity index is 1010. The van der Waals surface area contributed by atoms with Crippen molar-refractivity contribution in [3.05, 3.63) is 57.1 Å². The van der Waals surface area contributed by atoms with Crippen molar-refractivity contribution in [2.45, 2.75) is 45.2 Å². The lowest BCUT2D eigenvalue weighted by Gasteiger charge is -2.24. The fourth-order valence-electron chi connectivity index (χ4n) is 3.68. The van der Waals surface area contributed by atoms with E-state index in [1.165, 1.54) is 7.11 Å². The minimum absolute atomic E-state index is 0.0435. The van der Waals surface area contributed by atoms with Crippen LogP contribution in [0.1, 0.15) is 41.8 Å². The van der Waals surface area contributed by atoms with Gasteiger partial charge in [0.2, 0.25) is 0 Å². The SMILES string of the molecule is COC(=O)[C@H](Cc1ccc(Br)c2c1CCCO2)NC(=O)c1c(F)cc(NC(C)C)cc1F. The summed E-state index contributed by atoms with van der Waals surface area (Å²) in [5, 5.41) is 5.31. The smallest absolute Gasteiger partial charge is 0.328 e. The van der Waals surface area contributed by atoms with Crippen LogP contribution in [0.2, 0.25) is 0 Å². The van der Waals surface area contributed by atoms with E-state index in [1.807, 2.05) is 19.9 Å². The monoisotopic (exact) mass is 510 g/mol. The molecule has 0 aromatic heterocycles. The van der Waals surface area contributed by atoms with Gasteiger partial charge in [-0.05, 0) is 71.9 Å². The molecule has 1 aliphatic rings. The maximum Gasteiger partial charge on any atom is 0.328 e. The van der Waals surface area contributed by atoms with Crippen LogP contribution >= 0.6 is 15.9 Å². The molecule has 1 heterocycles. The highest BCUT2D eigenvalue weighted by Crippen LogP contribution is 2.36. The van der Waals surface area contributed by atoms with Crippen molar-refractivity contribution in [3.63, 3.8) is 0 Å². The third-order valence-electron chi connectivity index (χ3n) is 5.07. The molecule has 2 N–H and O–H groups in total. The average Bonchev–Trinajstić information content (AvgIpc) is 2.73. The molecule has 0 saturated carbocycles. The van der Waals surface area contributed by atoms with Gasteiger partial charge in [0.05, 0.1) is 18.2 Å². The predicted octanol–water partition coefficient (Wildman–Crippen LogP) is 4.39. The molecular weight excluding hydrogens is 486 g/mol. The van der Waals surface area contributed by atoms with Gasteiger partial charge in [-0.25, -0.2) is 13.6 Å². The quantitative estimate of drug-likeness (QED) is 0.540. The van der Waals surface area contributed by atoms with E-state index in [1.54, 1.807) is 6.07 Å². The Morgan fingerprint density at radius 1 is 1.22 bits per heavy atom. The molecule has 0 spiro atoms. The number of fused-ring (bicyclic) bond motifs is 1. The van der Waals surface area contributed by atoms with Gasteiger partial charge in [-0.1, -0.05) is 6.07 Å². The third kappa shape index (κ3) is 5.38. The number of benzene rings is 2. The van der Waals surface area contributed by atoms with Crippen LogP contribution in [0.25, 0.3) is 0 Å². The van der Waals surface area contributed by atoms with Gasteiger partial charge in [0, 0.05) is 18.2 Å². The van der Waals surface area contributed by atoms with E-state index in [0.717, 1.165) is 40.6 Å². The van der Waals surface area contributed by atoms with E-state index < -0.39 is 35.1 Å². The van der Waals surface area contributed by atoms with Gasteiger partial charge in [0.1, 0.15) is 29.0 Å². The number of ether oxygens (including phenoxy) is 2. The van der Waals surface area contributed by atoms with Crippen molar-refractivity contribution in [1.82, 2.24) is 5.32 Å². The van der Waals surface area contributed by atoms with Crippen molar-refractivity contribution in [2.75, 3.05) is 19.0 Å². The zero-order chi connectivity index (χ0) is 23.4. The molecule has 9 heteroatoms. The third-order valence-corrected chi connectivity index (χ3v) is 5.69. The summed E-state index contributed by atoms with van der Waals surface area (Å²) in [5.74, 6) is -3.10. The topological polar surface area (TPSA) is 76.7 Å². The molecule has 2 aromatic rings. The highest BCUT2D eigenvalue weighted by Gasteiger charge is 2.28. The summed E-state index contributed by atoms with van der Waals surface area (Å²) in [6, 6.07) is 4.55. The number of nitrogens with one attached hydrogen (secondary N) is 2. The molecule has 1 amide bonds. The molecule has 2 aromatic carbocycles. The Labute approximate surface area is 193 Å². The van der Waals surface area contributed by atoms with E-state index in [-0.39, 0.29) is 18.2 Å². The van der Waals surface area contributed by atoms with Crippen molar-refractivity contribution in [2.24, 2.45) is 0 Å². The first-order valence-electron chi connectivity index (χ1n) is 10.3. The van der Waals surface area contributed by atoms with Gasteiger partial charge in [0.25, 0.3) is 5.91 Å². The second kappa shape index (κ2) is 10.3. The Hall–Kier alpha value is -2.68. The summed E-state index contributed by atoms with van der Waals surface area (Å²) in [6.45, 7) is 4.24. The molecule has 1 aliphatic heterocycles. The lowest BCUT2D eigenvalue weighted by Crippen LogP contribution is -2.43. The first-order chi connectivity index (χ1) is 15.2. The molecule has 0 bridgehead atoms. The number of anilines is 1. The Kier molecular flexibility index (Phi) is 7.71. The van der Waals surface area contributed by atoms with Crippen LogP contribution < -0.4 is 15.4 Å². The largest absolute Gasteiger partial charge is 0.492 e. The number of carbonyl (C=O) groups excluding carboxylic acids is 2. The molecule has 0 aliphatic carbocycles. The van der Waals surface area contributed by atoms with Gasteiger partial charge in [0.15, 0.2) is 0 Å². The summed E-state index contributed by atoms with van der Waals surface area (Å²) in [7, 11) is 1.19. The van der Waals surface area contributed by atoms with Crippen molar-refractivity contribution in [1.29, 1.82) is 0 Å². The molecule has 0 unspecified atom stereocenters. The predicted molar refractivity (Wildman–Crippen MR) is 120 cm³/mol. The number of methoxy groups -OCH3 is 1. The standard InChI is InChI=1S/C23H25BrF2N2O4/c1-12(2)27-14-10-17(25)20(18(26)11-14)22(29)28-19(23(30)31-3)9-13-6-7-16(24)21-15(13)5-4-8-32-21/h6-7,10-12,19,27H,4-5,8-9H2,1-3H3,(H,28,29)/t19-/m0/s1. The van der Waals surface area contributed by atoms with E-state index in [9.17, 15) is 18.4 Å². The van der Waals surface area contributed by atoms with Crippen LogP contribution in [0, 0.1) is 11.6 Å². The van der Waals surface area contributed by atoms with Crippen LogP contribution in [0.3, 0.4) is 0 Å². The number of hydrogen-bond acceptors (Lipinski definition) is 5. The van der Waals surface area contributed by atoms with Crippen molar-refractivity contribution < 1.29 is 27.8 Å². The summed E-state index contributed by atoms with van der Waals surface area (Å²) in [5.41, 5.74) is 1.18. The number of hydrogen-bond donors (Lipinski definition) is 2. The maximum absolute atomic E-state index is 14.6. The number of halogens is 3. The number of rotatable bonds is 7. The molecule has 172 valence electrons. The Morgan fingerprint density at radius 2 is 1.91 bits per heavy atom. The first-order valence-corrected chi connectivity index (χ1v) is 11.1. The second-order valence-electron chi connectivity index (χ2n) is 7.83. The Morgan fingerprint density at radius 3 is 2.53 bits per heavy atom. The van der Waals surface area contributed by atoms with Gasteiger partial charge in [-0.3, -0.25) is 4.79 Å². The van der Waals surface area contributed by atoms with Gasteiger partial charge in [-0.15, -0.1) is 0 Å². The Balaban J connectivity index is 1.86. The molecule has 32 heavy (non-hydrogen) atoms. The molecule has 0 fully saturated rings. The van der Waals surface area contributed by atoms with E-state index in [4.69, 9.17) is 9.47 Å². The van der Waals surface area contributed by atoms with Crippen molar-refractivity contribution >= 4 is 33.5 Å². The summed E-state index contributed by atoms with van der Waals surface area (Å²) in [6.07, 6.45) is 1.66. The van der Waals surface area contributed by atoms with Crippen LogP contribution in [0.4, 0.5) is 14.5 Å². The molecule has 6 nitrogen and oxygen atoms in total. The van der Waals surface area contributed by atoms with Crippen LogP contribution in [-0.2, 0) is 22.4 Å². The minimum atomic E-state index is -1.13. The van der Waals surface area contributed by atoms with Crippen LogP contribution in [0.15, 0.2) is 28.7 Å². The molecule has 3 rings (SSSR count). The molecule has 0 saturated heterocycles. The molecular formula is C23H25BrF2N2O4. The van der Waals surface area contributed by atoms with E-state index in [2.05, 4.69) is 26.6 Å². The molecule has 1 atom stereocenters. The first kappa shape index (κ1) is 24.0. The number of esters is 1. The maximum atomic E-state index is 14.6. The van der Waals surface area contributed by atoms with Crippen LogP contribution in [0.5, 0.6) is 5.75 Å². The second-order valence-corrected chi connectivity index (χ2v) is 8.69. The van der Waals surface area contributed by atoms with Crippen molar-refractivity contribution in [3.8, 4) is 5.75 Å². The van der Waals surface area contributed by atoms with Gasteiger partial charge >= 0.3 is 5.97 Å². The zero-order valence-electron chi connectivity index (χ0n) is 18.1. The normalized spacial score (nSPS) is 13.7. The lowest BCUT2D eigenvalue weighted by molar-refractivity contribution is -0.142. The highest BCUT2D eigenvalue weighted by molar-refractivity contribution is 9.10. The number of carbonyl (C=O) groups is 2. The zero-order valence-corrected chi connectivity index (χ0v) is 19.6. The summed E-state index contributed by atoms with van der Waals surface area (Å²) >= 11 is 3.46. The fraction of sp³-hybridized carbons (Fsp3) is 0.391. The van der Waals surface area contributed by atoms with E-state index in [0.29, 0.717) is 12.4 Å². The average molecular weight is 511 g/mol. The van der Waals surface area contributed by atoms with Gasteiger partial charge < -0.3 is 20.1 Å².